The smallest absolute Gasteiger partial charge is 0.274 e. The minimum absolute atomic E-state index is 0.117. The van der Waals surface area contributed by atoms with Crippen LogP contribution in [-0.4, -0.2) is 12.0 Å². The fourth-order valence-electron chi connectivity index (χ4n) is 1.99. The van der Waals surface area contributed by atoms with E-state index in [1.165, 1.54) is 6.07 Å². The Morgan fingerprint density at radius 2 is 2.00 bits per heavy atom. The van der Waals surface area contributed by atoms with Crippen molar-refractivity contribution in [1.82, 2.24) is 0 Å². The molecule has 0 saturated heterocycles. The Labute approximate surface area is 117 Å². The van der Waals surface area contributed by atoms with E-state index < -0.39 is 0 Å². The van der Waals surface area contributed by atoms with Gasteiger partial charge < -0.3 is 10.1 Å². The highest BCUT2D eigenvalue weighted by molar-refractivity contribution is 5.58. The van der Waals surface area contributed by atoms with Gasteiger partial charge in [-0.3, -0.25) is 10.1 Å². The van der Waals surface area contributed by atoms with Gasteiger partial charge in [-0.05, 0) is 24.6 Å². The molecular weight excluding hydrogens is 256 g/mol. The molecule has 0 fully saturated rings. The van der Waals surface area contributed by atoms with Crippen LogP contribution in [0.15, 0.2) is 42.5 Å². The third kappa shape index (κ3) is 3.06. The molecule has 2 rings (SSSR count). The zero-order chi connectivity index (χ0) is 14.5. The van der Waals surface area contributed by atoms with E-state index in [9.17, 15) is 10.1 Å². The Bertz CT molecular complexity index is 626. The van der Waals surface area contributed by atoms with E-state index in [0.29, 0.717) is 17.9 Å². The molecule has 104 valence electrons. The summed E-state index contributed by atoms with van der Waals surface area (Å²) >= 11 is 0. The Morgan fingerprint density at radius 1 is 1.25 bits per heavy atom. The summed E-state index contributed by atoms with van der Waals surface area (Å²) in [6, 6.07) is 12.5. The van der Waals surface area contributed by atoms with Crippen molar-refractivity contribution in [2.45, 2.75) is 13.5 Å². The first-order valence-corrected chi connectivity index (χ1v) is 6.22. The fraction of sp³-hybridized carbons (Fsp3) is 0.200. The number of rotatable bonds is 5. The fourth-order valence-corrected chi connectivity index (χ4v) is 1.99. The molecule has 0 aliphatic carbocycles. The van der Waals surface area contributed by atoms with E-state index in [1.807, 2.05) is 25.1 Å². The quantitative estimate of drug-likeness (QED) is 0.668. The SMILES string of the molecule is COc1ccc(C)cc1NCc1ccccc1[N+](=O)[O-]. The van der Waals surface area contributed by atoms with Gasteiger partial charge in [0.2, 0.25) is 0 Å². The molecule has 1 N–H and O–H groups in total. The van der Waals surface area contributed by atoms with E-state index in [1.54, 1.807) is 25.3 Å². The first kappa shape index (κ1) is 13.9. The summed E-state index contributed by atoms with van der Waals surface area (Å²) in [5, 5.41) is 14.2. The summed E-state index contributed by atoms with van der Waals surface area (Å²) in [5.74, 6) is 0.717. The van der Waals surface area contributed by atoms with Gasteiger partial charge in [0.1, 0.15) is 5.75 Å². The molecule has 0 radical (unpaired) electrons. The van der Waals surface area contributed by atoms with Crippen LogP contribution in [0.2, 0.25) is 0 Å². The zero-order valence-corrected chi connectivity index (χ0v) is 11.4. The first-order chi connectivity index (χ1) is 9.61. The molecule has 0 aliphatic heterocycles. The number of hydrogen-bond acceptors (Lipinski definition) is 4. The number of nitro benzene ring substituents is 1. The van der Waals surface area contributed by atoms with Crippen LogP contribution in [0.5, 0.6) is 5.75 Å². The van der Waals surface area contributed by atoms with Gasteiger partial charge >= 0.3 is 0 Å². The third-order valence-corrected chi connectivity index (χ3v) is 3.01. The van der Waals surface area contributed by atoms with E-state index in [4.69, 9.17) is 4.74 Å². The molecule has 2 aromatic rings. The number of benzene rings is 2. The van der Waals surface area contributed by atoms with Crippen molar-refractivity contribution in [3.8, 4) is 5.75 Å². The van der Waals surface area contributed by atoms with Crippen LogP contribution in [0.3, 0.4) is 0 Å². The number of hydrogen-bond donors (Lipinski definition) is 1. The highest BCUT2D eigenvalue weighted by Gasteiger charge is 2.12. The van der Waals surface area contributed by atoms with Crippen molar-refractivity contribution < 1.29 is 9.66 Å². The minimum atomic E-state index is -0.371. The molecule has 0 bridgehead atoms. The van der Waals surface area contributed by atoms with Crippen LogP contribution in [0.1, 0.15) is 11.1 Å². The highest BCUT2D eigenvalue weighted by atomic mass is 16.6. The highest BCUT2D eigenvalue weighted by Crippen LogP contribution is 2.27. The van der Waals surface area contributed by atoms with Gasteiger partial charge in [0.05, 0.1) is 17.7 Å². The second-order valence-electron chi connectivity index (χ2n) is 4.44. The minimum Gasteiger partial charge on any atom is -0.495 e. The lowest BCUT2D eigenvalue weighted by Crippen LogP contribution is -2.04. The average Bonchev–Trinajstić information content (AvgIpc) is 2.45. The monoisotopic (exact) mass is 272 g/mol. The van der Waals surface area contributed by atoms with E-state index in [0.717, 1.165) is 11.3 Å². The van der Waals surface area contributed by atoms with Crippen LogP contribution in [0, 0.1) is 17.0 Å². The molecule has 2 aromatic carbocycles. The van der Waals surface area contributed by atoms with Gasteiger partial charge in [-0.25, -0.2) is 0 Å². The van der Waals surface area contributed by atoms with Gasteiger partial charge in [-0.2, -0.15) is 0 Å². The summed E-state index contributed by atoms with van der Waals surface area (Å²) in [6.07, 6.45) is 0. The third-order valence-electron chi connectivity index (χ3n) is 3.01. The van der Waals surface area contributed by atoms with Crippen molar-refractivity contribution in [3.05, 3.63) is 63.7 Å². The molecule has 5 nitrogen and oxygen atoms in total. The number of anilines is 1. The summed E-state index contributed by atoms with van der Waals surface area (Å²) < 4.78 is 5.27. The molecular formula is C15H16N2O3. The molecule has 0 aromatic heterocycles. The molecule has 0 aliphatic rings. The molecule has 5 heteroatoms. The average molecular weight is 272 g/mol. The van der Waals surface area contributed by atoms with E-state index in [2.05, 4.69) is 5.32 Å². The predicted molar refractivity (Wildman–Crippen MR) is 78.2 cm³/mol. The van der Waals surface area contributed by atoms with Crippen LogP contribution in [0.25, 0.3) is 0 Å². The Morgan fingerprint density at radius 3 is 2.70 bits per heavy atom. The molecule has 20 heavy (non-hydrogen) atoms. The van der Waals surface area contributed by atoms with Crippen LogP contribution in [0.4, 0.5) is 11.4 Å². The summed E-state index contributed by atoms with van der Waals surface area (Å²) in [4.78, 5) is 10.6. The maximum atomic E-state index is 11.0. The number of aryl methyl sites for hydroxylation is 1. The maximum Gasteiger partial charge on any atom is 0.274 e. The lowest BCUT2D eigenvalue weighted by atomic mass is 10.1. The largest absolute Gasteiger partial charge is 0.495 e. The van der Waals surface area contributed by atoms with Crippen molar-refractivity contribution in [2.75, 3.05) is 12.4 Å². The molecule has 0 unspecified atom stereocenters. The zero-order valence-electron chi connectivity index (χ0n) is 11.4. The second-order valence-corrected chi connectivity index (χ2v) is 4.44. The summed E-state index contributed by atoms with van der Waals surface area (Å²) in [6.45, 7) is 2.35. The van der Waals surface area contributed by atoms with Crippen LogP contribution >= 0.6 is 0 Å². The second kappa shape index (κ2) is 6.06. The standard InChI is InChI=1S/C15H16N2O3/c1-11-7-8-15(20-2)13(9-11)16-10-12-5-3-4-6-14(12)17(18)19/h3-9,16H,10H2,1-2H3. The van der Waals surface area contributed by atoms with Gasteiger partial charge in [0.15, 0.2) is 0 Å². The van der Waals surface area contributed by atoms with Crippen molar-refractivity contribution in [3.63, 3.8) is 0 Å². The van der Waals surface area contributed by atoms with Crippen molar-refractivity contribution >= 4 is 11.4 Å². The van der Waals surface area contributed by atoms with Crippen LogP contribution < -0.4 is 10.1 Å². The van der Waals surface area contributed by atoms with Gasteiger partial charge in [0, 0.05) is 18.2 Å². The molecule has 0 amide bonds. The lowest BCUT2D eigenvalue weighted by Gasteiger charge is -2.12. The van der Waals surface area contributed by atoms with E-state index >= 15 is 0 Å². The number of methoxy groups -OCH3 is 1. The number of para-hydroxylation sites is 1. The number of ether oxygens (including phenoxy) is 1. The lowest BCUT2D eigenvalue weighted by molar-refractivity contribution is -0.385. The molecule has 0 spiro atoms. The van der Waals surface area contributed by atoms with Crippen molar-refractivity contribution in [1.29, 1.82) is 0 Å². The van der Waals surface area contributed by atoms with Gasteiger partial charge in [0.25, 0.3) is 5.69 Å². The Balaban J connectivity index is 2.21. The molecule has 0 saturated carbocycles. The first-order valence-electron chi connectivity index (χ1n) is 6.22. The maximum absolute atomic E-state index is 11.0. The number of nitro groups is 1. The Kier molecular flexibility index (Phi) is 4.20. The number of nitrogens with zero attached hydrogens (tertiary/aromatic N) is 1. The molecule has 0 heterocycles. The summed E-state index contributed by atoms with van der Waals surface area (Å²) in [7, 11) is 1.60. The van der Waals surface area contributed by atoms with Gasteiger partial charge in [-0.15, -0.1) is 0 Å². The van der Waals surface area contributed by atoms with Crippen LogP contribution in [-0.2, 0) is 6.54 Å². The van der Waals surface area contributed by atoms with Gasteiger partial charge in [-0.1, -0.05) is 24.3 Å². The predicted octanol–water partition coefficient (Wildman–Crippen LogP) is 3.52. The summed E-state index contributed by atoms with van der Waals surface area (Å²) in [5.41, 5.74) is 2.68. The topological polar surface area (TPSA) is 64.4 Å². The normalized spacial score (nSPS) is 10.1. The molecule has 0 atom stereocenters. The van der Waals surface area contributed by atoms with E-state index in [-0.39, 0.29) is 10.6 Å². The Hall–Kier alpha value is -2.56. The number of nitrogens with one attached hydrogen (secondary N) is 1. The van der Waals surface area contributed by atoms with Crippen molar-refractivity contribution in [2.24, 2.45) is 0 Å².